The number of aliphatic carboxylic acids is 1. The van der Waals surface area contributed by atoms with Gasteiger partial charge in [0.2, 0.25) is 0 Å². The molecule has 0 aliphatic carbocycles. The lowest BCUT2D eigenvalue weighted by Crippen LogP contribution is -2.45. The Morgan fingerprint density at radius 1 is 1.31 bits per heavy atom. The Morgan fingerprint density at radius 3 is 1.88 bits per heavy atom. The van der Waals surface area contributed by atoms with Gasteiger partial charge in [-0.3, -0.25) is 0 Å². The molecule has 0 aliphatic heterocycles. The molecule has 7 nitrogen and oxygen atoms in total. The van der Waals surface area contributed by atoms with E-state index in [4.69, 9.17) is 25.2 Å². The first-order chi connectivity index (χ1) is 7.51. The third kappa shape index (κ3) is 8.33. The van der Waals surface area contributed by atoms with Crippen molar-refractivity contribution in [3.63, 3.8) is 0 Å². The Kier molecular flexibility index (Phi) is 11.5. The molecule has 0 spiro atoms. The van der Waals surface area contributed by atoms with Crippen molar-refractivity contribution in [1.29, 1.82) is 0 Å². The molecule has 0 aromatic rings. The number of carboxylic acids is 1. The largest absolute Gasteiger partial charge is 0.478 e. The average Bonchev–Trinajstić information content (AvgIpc) is 2.32. The van der Waals surface area contributed by atoms with E-state index in [1.54, 1.807) is 0 Å². The second-order valence-electron chi connectivity index (χ2n) is 2.75. The molecular formula is C9H18O7. The van der Waals surface area contributed by atoms with Gasteiger partial charge in [-0.15, -0.1) is 0 Å². The maximum atomic E-state index is 9.25. The Balaban J connectivity index is 0. The highest BCUT2D eigenvalue weighted by molar-refractivity contribution is 5.78. The molecule has 0 saturated heterocycles. The number of carbonyl (C=O) groups is 1. The SMILES string of the molecule is C=CC(=O)O.COCOC(CO)(CO)CO. The number of aliphatic hydroxyl groups excluding tert-OH is 3. The van der Waals surface area contributed by atoms with Crippen molar-refractivity contribution in [3.8, 4) is 0 Å². The molecule has 0 rings (SSSR count). The third-order valence-electron chi connectivity index (χ3n) is 1.52. The van der Waals surface area contributed by atoms with Crippen molar-refractivity contribution in [3.05, 3.63) is 12.7 Å². The van der Waals surface area contributed by atoms with Gasteiger partial charge in [-0.1, -0.05) is 6.58 Å². The lowest BCUT2D eigenvalue weighted by atomic mass is 10.1. The second-order valence-corrected chi connectivity index (χ2v) is 2.75. The van der Waals surface area contributed by atoms with Gasteiger partial charge in [-0.05, 0) is 0 Å². The minimum Gasteiger partial charge on any atom is -0.478 e. The van der Waals surface area contributed by atoms with Crippen molar-refractivity contribution in [1.82, 2.24) is 0 Å². The van der Waals surface area contributed by atoms with E-state index in [1.807, 2.05) is 0 Å². The number of aliphatic hydroxyl groups is 3. The van der Waals surface area contributed by atoms with E-state index >= 15 is 0 Å². The summed E-state index contributed by atoms with van der Waals surface area (Å²) in [5.41, 5.74) is -1.28. The van der Waals surface area contributed by atoms with Crippen molar-refractivity contribution in [2.24, 2.45) is 0 Å². The van der Waals surface area contributed by atoms with E-state index in [-0.39, 0.29) is 6.79 Å². The first-order valence-corrected chi connectivity index (χ1v) is 4.32. The summed E-state index contributed by atoms with van der Waals surface area (Å²) in [6.45, 7) is 1.57. The van der Waals surface area contributed by atoms with Crippen LogP contribution in [-0.2, 0) is 14.3 Å². The molecule has 0 bridgehead atoms. The topological polar surface area (TPSA) is 116 Å². The third-order valence-corrected chi connectivity index (χ3v) is 1.52. The fourth-order valence-corrected chi connectivity index (χ4v) is 0.471. The van der Waals surface area contributed by atoms with Crippen LogP contribution in [0, 0.1) is 0 Å². The molecule has 0 aliphatic rings. The van der Waals surface area contributed by atoms with E-state index in [9.17, 15) is 4.79 Å². The molecule has 0 radical (unpaired) electrons. The van der Waals surface area contributed by atoms with Crippen LogP contribution in [0.1, 0.15) is 0 Å². The first-order valence-electron chi connectivity index (χ1n) is 4.32. The van der Waals surface area contributed by atoms with Crippen LogP contribution in [-0.4, -0.2) is 65.7 Å². The summed E-state index contributed by atoms with van der Waals surface area (Å²) in [7, 11) is 1.41. The van der Waals surface area contributed by atoms with Crippen molar-refractivity contribution < 1.29 is 34.7 Å². The quantitative estimate of drug-likeness (QED) is 0.317. The van der Waals surface area contributed by atoms with Crippen LogP contribution in [0.15, 0.2) is 12.7 Å². The summed E-state index contributed by atoms with van der Waals surface area (Å²) in [5, 5.41) is 33.7. The Hall–Kier alpha value is -0.990. The van der Waals surface area contributed by atoms with Crippen LogP contribution in [0.2, 0.25) is 0 Å². The second kappa shape index (κ2) is 10.5. The first kappa shape index (κ1) is 17.4. The summed E-state index contributed by atoms with van der Waals surface area (Å²) < 4.78 is 9.40. The molecule has 0 aromatic carbocycles. The summed E-state index contributed by atoms with van der Waals surface area (Å²) in [6, 6.07) is 0. The molecule has 4 N–H and O–H groups in total. The average molecular weight is 238 g/mol. The van der Waals surface area contributed by atoms with E-state index in [0.717, 1.165) is 6.08 Å². The molecule has 0 amide bonds. The van der Waals surface area contributed by atoms with Crippen LogP contribution in [0.3, 0.4) is 0 Å². The van der Waals surface area contributed by atoms with Gasteiger partial charge < -0.3 is 29.9 Å². The van der Waals surface area contributed by atoms with Crippen molar-refractivity contribution in [2.45, 2.75) is 5.60 Å². The van der Waals surface area contributed by atoms with Crippen LogP contribution in [0.4, 0.5) is 0 Å². The summed E-state index contributed by atoms with van der Waals surface area (Å²) in [6.07, 6.45) is 0.833. The number of rotatable bonds is 7. The summed E-state index contributed by atoms with van der Waals surface area (Å²) in [4.78, 5) is 9.25. The normalized spacial score (nSPS) is 10.2. The van der Waals surface area contributed by atoms with Crippen molar-refractivity contribution in [2.75, 3.05) is 33.7 Å². The van der Waals surface area contributed by atoms with Crippen LogP contribution < -0.4 is 0 Å². The van der Waals surface area contributed by atoms with Gasteiger partial charge in [0.15, 0.2) is 0 Å². The molecule has 16 heavy (non-hydrogen) atoms. The predicted molar refractivity (Wildman–Crippen MR) is 54.8 cm³/mol. The molecular weight excluding hydrogens is 220 g/mol. The highest BCUT2D eigenvalue weighted by Gasteiger charge is 2.28. The van der Waals surface area contributed by atoms with Crippen LogP contribution in [0.5, 0.6) is 0 Å². The predicted octanol–water partition coefficient (Wildman–Crippen LogP) is -1.42. The van der Waals surface area contributed by atoms with Gasteiger partial charge in [0.1, 0.15) is 12.4 Å². The fraction of sp³-hybridized carbons (Fsp3) is 0.667. The molecule has 0 heterocycles. The zero-order valence-corrected chi connectivity index (χ0v) is 9.13. The molecule has 0 aromatic heterocycles. The molecule has 96 valence electrons. The van der Waals surface area contributed by atoms with Gasteiger partial charge in [0.05, 0.1) is 19.8 Å². The highest BCUT2D eigenvalue weighted by atomic mass is 16.7. The highest BCUT2D eigenvalue weighted by Crippen LogP contribution is 2.07. The van der Waals surface area contributed by atoms with Gasteiger partial charge in [-0.25, -0.2) is 4.79 Å². The number of ether oxygens (including phenoxy) is 2. The molecule has 7 heteroatoms. The number of hydrogen-bond donors (Lipinski definition) is 4. The van der Waals surface area contributed by atoms with Crippen molar-refractivity contribution >= 4 is 5.97 Å². The minimum absolute atomic E-state index is 0.0678. The Labute approximate surface area is 93.5 Å². The summed E-state index contributed by atoms with van der Waals surface area (Å²) in [5.74, 6) is -0.981. The van der Waals surface area contributed by atoms with Gasteiger partial charge in [0, 0.05) is 13.2 Å². The molecule has 0 atom stereocenters. The number of carboxylic acid groups (broad SMARTS) is 1. The summed E-state index contributed by atoms with van der Waals surface area (Å²) >= 11 is 0. The standard InChI is InChI=1S/C6H14O5.C3H4O2/c1-10-5-11-6(2-7,3-8)4-9;1-2-3(4)5/h7-9H,2-5H2,1H3;2H,1H2,(H,4,5). The zero-order chi connectivity index (χ0) is 13.0. The minimum atomic E-state index is -1.28. The van der Waals surface area contributed by atoms with Crippen LogP contribution >= 0.6 is 0 Å². The Morgan fingerprint density at radius 2 is 1.69 bits per heavy atom. The molecule has 0 unspecified atom stereocenters. The smallest absolute Gasteiger partial charge is 0.327 e. The van der Waals surface area contributed by atoms with E-state index in [0.29, 0.717) is 0 Å². The lowest BCUT2D eigenvalue weighted by Gasteiger charge is -2.26. The lowest BCUT2D eigenvalue weighted by molar-refractivity contribution is -0.182. The number of methoxy groups -OCH3 is 1. The zero-order valence-electron chi connectivity index (χ0n) is 9.13. The van der Waals surface area contributed by atoms with E-state index in [1.165, 1.54) is 7.11 Å². The van der Waals surface area contributed by atoms with Gasteiger partial charge in [0.25, 0.3) is 0 Å². The maximum Gasteiger partial charge on any atom is 0.327 e. The van der Waals surface area contributed by atoms with Gasteiger partial charge >= 0.3 is 5.97 Å². The van der Waals surface area contributed by atoms with E-state index < -0.39 is 31.4 Å². The Bertz CT molecular complexity index is 180. The number of hydrogen-bond acceptors (Lipinski definition) is 6. The maximum absolute atomic E-state index is 9.25. The van der Waals surface area contributed by atoms with E-state index in [2.05, 4.69) is 11.3 Å². The van der Waals surface area contributed by atoms with Crippen LogP contribution in [0.25, 0.3) is 0 Å². The monoisotopic (exact) mass is 238 g/mol. The fourth-order valence-electron chi connectivity index (χ4n) is 0.471. The van der Waals surface area contributed by atoms with Gasteiger partial charge in [-0.2, -0.15) is 0 Å². The molecule has 0 saturated carbocycles. The molecule has 0 fully saturated rings.